The van der Waals surface area contributed by atoms with Crippen molar-refractivity contribution in [2.45, 2.75) is 38.3 Å². The van der Waals surface area contributed by atoms with Gasteiger partial charge < -0.3 is 9.64 Å². The SMILES string of the molecule is C[C@@]1(C(=O)N2CCCN(Cc3ccccn3)CC2)CCCO1. The molecular weight excluding hydrogens is 278 g/mol. The second kappa shape index (κ2) is 6.75. The number of amides is 1. The van der Waals surface area contributed by atoms with Crippen LogP contribution in [-0.2, 0) is 16.1 Å². The minimum absolute atomic E-state index is 0.171. The monoisotopic (exact) mass is 303 g/mol. The Balaban J connectivity index is 1.57. The molecule has 1 atom stereocenters. The van der Waals surface area contributed by atoms with E-state index in [1.165, 1.54) is 0 Å². The highest BCUT2D eigenvalue weighted by molar-refractivity contribution is 5.85. The number of rotatable bonds is 3. The van der Waals surface area contributed by atoms with Gasteiger partial charge >= 0.3 is 0 Å². The number of carbonyl (C=O) groups is 1. The van der Waals surface area contributed by atoms with Crippen molar-refractivity contribution >= 4 is 5.91 Å². The molecule has 22 heavy (non-hydrogen) atoms. The molecule has 1 aromatic heterocycles. The lowest BCUT2D eigenvalue weighted by Crippen LogP contribution is -2.48. The summed E-state index contributed by atoms with van der Waals surface area (Å²) in [5, 5.41) is 0. The lowest BCUT2D eigenvalue weighted by atomic mass is 10.0. The Kier molecular flexibility index (Phi) is 4.74. The van der Waals surface area contributed by atoms with Gasteiger partial charge in [0.1, 0.15) is 5.60 Å². The predicted molar refractivity (Wildman–Crippen MR) is 84.3 cm³/mol. The van der Waals surface area contributed by atoms with Crippen LogP contribution in [0.4, 0.5) is 0 Å². The van der Waals surface area contributed by atoms with Crippen molar-refractivity contribution in [3.05, 3.63) is 30.1 Å². The zero-order chi connectivity index (χ0) is 15.4. The van der Waals surface area contributed by atoms with Crippen molar-refractivity contribution in [3.8, 4) is 0 Å². The van der Waals surface area contributed by atoms with Crippen molar-refractivity contribution in [3.63, 3.8) is 0 Å². The molecule has 1 aromatic rings. The van der Waals surface area contributed by atoms with E-state index in [0.717, 1.165) is 57.7 Å². The van der Waals surface area contributed by atoms with E-state index in [1.54, 1.807) is 0 Å². The first-order valence-electron chi connectivity index (χ1n) is 8.23. The number of nitrogens with zero attached hydrogens (tertiary/aromatic N) is 3. The number of carbonyl (C=O) groups excluding carboxylic acids is 1. The number of pyridine rings is 1. The van der Waals surface area contributed by atoms with Crippen LogP contribution in [0.1, 0.15) is 31.9 Å². The summed E-state index contributed by atoms with van der Waals surface area (Å²) in [5.41, 5.74) is 0.504. The molecule has 0 saturated carbocycles. The van der Waals surface area contributed by atoms with Gasteiger partial charge in [-0.15, -0.1) is 0 Å². The fourth-order valence-electron chi connectivity index (χ4n) is 3.34. The van der Waals surface area contributed by atoms with Gasteiger partial charge in [-0.3, -0.25) is 14.7 Å². The van der Waals surface area contributed by atoms with Gasteiger partial charge in [0.2, 0.25) is 0 Å². The molecule has 0 N–H and O–H groups in total. The van der Waals surface area contributed by atoms with Gasteiger partial charge in [-0.05, 0) is 38.3 Å². The largest absolute Gasteiger partial charge is 0.365 e. The van der Waals surface area contributed by atoms with Crippen LogP contribution in [0, 0.1) is 0 Å². The van der Waals surface area contributed by atoms with Gasteiger partial charge in [0.25, 0.3) is 5.91 Å². The molecule has 2 fully saturated rings. The van der Waals surface area contributed by atoms with Crippen LogP contribution in [-0.4, -0.2) is 59.1 Å². The zero-order valence-corrected chi connectivity index (χ0v) is 13.3. The normalized spacial score (nSPS) is 26.9. The molecule has 0 aromatic carbocycles. The topological polar surface area (TPSA) is 45.7 Å². The third-order valence-electron chi connectivity index (χ3n) is 4.66. The van der Waals surface area contributed by atoms with Crippen molar-refractivity contribution in [1.29, 1.82) is 0 Å². The minimum Gasteiger partial charge on any atom is -0.365 e. The average Bonchev–Trinajstić information content (AvgIpc) is 2.86. The molecule has 2 aliphatic heterocycles. The van der Waals surface area contributed by atoms with Gasteiger partial charge in [0, 0.05) is 45.5 Å². The number of aromatic nitrogens is 1. The second-order valence-corrected chi connectivity index (χ2v) is 6.43. The predicted octanol–water partition coefficient (Wildman–Crippen LogP) is 1.68. The van der Waals surface area contributed by atoms with Crippen molar-refractivity contribution in [1.82, 2.24) is 14.8 Å². The van der Waals surface area contributed by atoms with Crippen LogP contribution < -0.4 is 0 Å². The molecule has 3 rings (SSSR count). The average molecular weight is 303 g/mol. The van der Waals surface area contributed by atoms with E-state index in [0.29, 0.717) is 6.61 Å². The smallest absolute Gasteiger partial charge is 0.254 e. The molecule has 2 aliphatic rings. The van der Waals surface area contributed by atoms with E-state index in [9.17, 15) is 4.79 Å². The molecule has 0 radical (unpaired) electrons. The summed E-state index contributed by atoms with van der Waals surface area (Å²) < 4.78 is 5.70. The third-order valence-corrected chi connectivity index (χ3v) is 4.66. The van der Waals surface area contributed by atoms with Gasteiger partial charge in [0.05, 0.1) is 5.69 Å². The lowest BCUT2D eigenvalue weighted by molar-refractivity contribution is -0.150. The van der Waals surface area contributed by atoms with E-state index in [2.05, 4.69) is 16.0 Å². The first kappa shape index (κ1) is 15.4. The van der Waals surface area contributed by atoms with E-state index in [4.69, 9.17) is 4.74 Å². The molecule has 5 heteroatoms. The standard InChI is InChI=1S/C17H25N3O2/c1-17(7-4-13-22-17)16(21)20-10-5-9-19(11-12-20)14-15-6-2-3-8-18-15/h2-3,6,8H,4-5,7,9-14H2,1H3/t17-/m0/s1. The van der Waals surface area contributed by atoms with Crippen LogP contribution in [0.15, 0.2) is 24.4 Å². The van der Waals surface area contributed by atoms with Gasteiger partial charge in [-0.25, -0.2) is 0 Å². The molecule has 2 saturated heterocycles. The quantitative estimate of drug-likeness (QED) is 0.852. The summed E-state index contributed by atoms with van der Waals surface area (Å²) in [5.74, 6) is 0.171. The van der Waals surface area contributed by atoms with E-state index >= 15 is 0 Å². The van der Waals surface area contributed by atoms with Crippen LogP contribution in [0.2, 0.25) is 0 Å². The summed E-state index contributed by atoms with van der Waals surface area (Å²) in [7, 11) is 0. The first-order chi connectivity index (χ1) is 10.7. The Morgan fingerprint density at radius 3 is 2.91 bits per heavy atom. The highest BCUT2D eigenvalue weighted by atomic mass is 16.5. The summed E-state index contributed by atoms with van der Waals surface area (Å²) >= 11 is 0. The van der Waals surface area contributed by atoms with Gasteiger partial charge in [-0.2, -0.15) is 0 Å². The molecule has 0 spiro atoms. The highest BCUT2D eigenvalue weighted by Gasteiger charge is 2.40. The highest BCUT2D eigenvalue weighted by Crippen LogP contribution is 2.27. The molecular formula is C17H25N3O2. The third kappa shape index (κ3) is 3.47. The maximum atomic E-state index is 12.7. The fraction of sp³-hybridized carbons (Fsp3) is 0.647. The number of hydrogen-bond donors (Lipinski definition) is 0. The van der Waals surface area contributed by atoms with Gasteiger partial charge in [-0.1, -0.05) is 6.07 Å². The van der Waals surface area contributed by atoms with Crippen LogP contribution in [0.5, 0.6) is 0 Å². The van der Waals surface area contributed by atoms with Crippen molar-refractivity contribution < 1.29 is 9.53 Å². The maximum absolute atomic E-state index is 12.7. The Hall–Kier alpha value is -1.46. The van der Waals surface area contributed by atoms with E-state index in [-0.39, 0.29) is 5.91 Å². The molecule has 1 amide bonds. The number of hydrogen-bond acceptors (Lipinski definition) is 4. The molecule has 3 heterocycles. The van der Waals surface area contributed by atoms with E-state index < -0.39 is 5.60 Å². The second-order valence-electron chi connectivity index (χ2n) is 6.43. The molecule has 0 bridgehead atoms. The van der Waals surface area contributed by atoms with E-state index in [1.807, 2.05) is 30.2 Å². The molecule has 5 nitrogen and oxygen atoms in total. The number of ether oxygens (including phenoxy) is 1. The van der Waals surface area contributed by atoms with Crippen LogP contribution in [0.3, 0.4) is 0 Å². The molecule has 0 unspecified atom stereocenters. The van der Waals surface area contributed by atoms with Crippen molar-refractivity contribution in [2.75, 3.05) is 32.8 Å². The van der Waals surface area contributed by atoms with Crippen LogP contribution in [0.25, 0.3) is 0 Å². The first-order valence-corrected chi connectivity index (χ1v) is 8.23. The summed E-state index contributed by atoms with van der Waals surface area (Å²) in [6.45, 7) is 7.04. The Morgan fingerprint density at radius 1 is 1.27 bits per heavy atom. The van der Waals surface area contributed by atoms with Gasteiger partial charge in [0.15, 0.2) is 0 Å². The summed E-state index contributed by atoms with van der Waals surface area (Å²) in [6, 6.07) is 6.02. The maximum Gasteiger partial charge on any atom is 0.254 e. The fourth-order valence-corrected chi connectivity index (χ4v) is 3.34. The summed E-state index contributed by atoms with van der Waals surface area (Å²) in [6.07, 6.45) is 4.68. The molecule has 120 valence electrons. The molecule has 0 aliphatic carbocycles. The Labute approximate surface area is 132 Å². The van der Waals surface area contributed by atoms with Crippen LogP contribution >= 0.6 is 0 Å². The minimum atomic E-state index is -0.587. The van der Waals surface area contributed by atoms with Crippen molar-refractivity contribution in [2.24, 2.45) is 0 Å². The summed E-state index contributed by atoms with van der Waals surface area (Å²) in [4.78, 5) is 21.5. The Morgan fingerprint density at radius 2 is 2.18 bits per heavy atom. The lowest BCUT2D eigenvalue weighted by Gasteiger charge is -2.30. The Bertz CT molecular complexity index is 500. The zero-order valence-electron chi connectivity index (χ0n) is 13.3.